The minimum Gasteiger partial charge on any atom is -0.772 e. The average Bonchev–Trinajstić information content (AvgIpc) is 2.15. The molecular formula is C9H11O3S-. The van der Waals surface area contributed by atoms with Crippen LogP contribution in [0.25, 0.3) is 0 Å². The van der Waals surface area contributed by atoms with Gasteiger partial charge in [0.25, 0.3) is 0 Å². The number of aliphatic hydroxyl groups excluding tert-OH is 1. The van der Waals surface area contributed by atoms with Gasteiger partial charge in [0, 0.05) is 5.75 Å². The van der Waals surface area contributed by atoms with Crippen molar-refractivity contribution in [1.29, 1.82) is 0 Å². The van der Waals surface area contributed by atoms with E-state index in [2.05, 4.69) is 0 Å². The smallest absolute Gasteiger partial charge is 0.0681 e. The molecule has 1 aromatic carbocycles. The maximum Gasteiger partial charge on any atom is 0.0681 e. The lowest BCUT2D eigenvalue weighted by atomic mass is 10.1. The molecular weight excluding hydrogens is 188 g/mol. The molecule has 0 bridgehead atoms. The third kappa shape index (κ3) is 3.67. The lowest BCUT2D eigenvalue weighted by Gasteiger charge is -2.04. The van der Waals surface area contributed by atoms with Crippen LogP contribution in [-0.2, 0) is 24.1 Å². The van der Waals surface area contributed by atoms with Gasteiger partial charge in [-0.3, -0.25) is 4.21 Å². The highest BCUT2D eigenvalue weighted by atomic mass is 32.2. The largest absolute Gasteiger partial charge is 0.772 e. The topological polar surface area (TPSA) is 60.4 Å². The molecule has 0 fully saturated rings. The first-order chi connectivity index (χ1) is 6.22. The summed E-state index contributed by atoms with van der Waals surface area (Å²) in [7, 11) is 0. The Morgan fingerprint density at radius 3 is 2.23 bits per heavy atom. The van der Waals surface area contributed by atoms with Crippen LogP contribution in [0, 0.1) is 0 Å². The Morgan fingerprint density at radius 1 is 1.23 bits per heavy atom. The first-order valence-corrected chi connectivity index (χ1v) is 5.21. The molecule has 1 rings (SSSR count). The third-order valence-corrected chi connectivity index (χ3v) is 2.30. The Hall–Kier alpha value is -0.710. The molecule has 3 nitrogen and oxygen atoms in total. The highest BCUT2D eigenvalue weighted by molar-refractivity contribution is 7.79. The first kappa shape index (κ1) is 10.4. The van der Waals surface area contributed by atoms with Crippen molar-refractivity contribution in [1.82, 2.24) is 0 Å². The molecule has 1 unspecified atom stereocenters. The summed E-state index contributed by atoms with van der Waals surface area (Å²) < 4.78 is 20.5. The summed E-state index contributed by atoms with van der Waals surface area (Å²) in [6, 6.07) is 7.25. The molecule has 0 spiro atoms. The van der Waals surface area contributed by atoms with Gasteiger partial charge in [-0.15, -0.1) is 0 Å². The quantitative estimate of drug-likeness (QED) is 0.722. The monoisotopic (exact) mass is 199 g/mol. The number of benzene rings is 1. The summed E-state index contributed by atoms with van der Waals surface area (Å²) in [5.74, 6) is 0.151. The van der Waals surface area contributed by atoms with Crippen LogP contribution in [0.15, 0.2) is 24.3 Å². The Labute approximate surface area is 79.7 Å². The lowest BCUT2D eigenvalue weighted by Crippen LogP contribution is -1.99. The molecule has 72 valence electrons. The van der Waals surface area contributed by atoms with E-state index in [1.54, 1.807) is 12.1 Å². The Kier molecular flexibility index (Phi) is 4.08. The highest BCUT2D eigenvalue weighted by Gasteiger charge is 1.93. The predicted octanol–water partition coefficient (Wildman–Crippen LogP) is 0.601. The van der Waals surface area contributed by atoms with Gasteiger partial charge < -0.3 is 9.66 Å². The molecule has 1 atom stereocenters. The molecule has 0 heterocycles. The number of rotatable bonds is 4. The molecule has 0 aliphatic heterocycles. The van der Waals surface area contributed by atoms with E-state index in [4.69, 9.17) is 5.11 Å². The molecule has 4 heteroatoms. The number of hydrogen-bond acceptors (Lipinski definition) is 3. The summed E-state index contributed by atoms with van der Waals surface area (Å²) in [5, 5.41) is 8.75. The first-order valence-electron chi connectivity index (χ1n) is 3.97. The van der Waals surface area contributed by atoms with E-state index >= 15 is 0 Å². The zero-order chi connectivity index (χ0) is 9.68. The van der Waals surface area contributed by atoms with Crippen LogP contribution in [0.5, 0.6) is 0 Å². The predicted molar refractivity (Wildman–Crippen MR) is 49.9 cm³/mol. The van der Waals surface area contributed by atoms with Gasteiger partial charge in [-0.25, -0.2) is 0 Å². The maximum absolute atomic E-state index is 10.3. The second-order valence-electron chi connectivity index (χ2n) is 2.73. The standard InChI is InChI=1S/C9H12O3S/c10-7-9-3-1-8(2-4-9)5-6-13(11)12/h1-4,10H,5-7H2,(H,11,12)/p-1. The molecule has 0 radical (unpaired) electrons. The van der Waals surface area contributed by atoms with Crippen molar-refractivity contribution in [2.45, 2.75) is 13.0 Å². The van der Waals surface area contributed by atoms with Crippen molar-refractivity contribution >= 4 is 11.1 Å². The third-order valence-electron chi connectivity index (χ3n) is 1.76. The number of aliphatic hydroxyl groups is 1. The average molecular weight is 199 g/mol. The highest BCUT2D eigenvalue weighted by Crippen LogP contribution is 2.05. The number of hydrogen-bond donors (Lipinski definition) is 1. The molecule has 1 aromatic rings. The zero-order valence-electron chi connectivity index (χ0n) is 7.10. The summed E-state index contributed by atoms with van der Waals surface area (Å²) in [5.41, 5.74) is 1.81. The summed E-state index contributed by atoms with van der Waals surface area (Å²) in [4.78, 5) is 0. The van der Waals surface area contributed by atoms with E-state index in [1.165, 1.54) is 0 Å². The lowest BCUT2D eigenvalue weighted by molar-refractivity contribution is 0.282. The van der Waals surface area contributed by atoms with Crippen molar-refractivity contribution < 1.29 is 13.9 Å². The molecule has 0 aliphatic carbocycles. The SMILES string of the molecule is O=S([O-])CCc1ccc(CO)cc1. The maximum atomic E-state index is 10.3. The zero-order valence-corrected chi connectivity index (χ0v) is 7.92. The van der Waals surface area contributed by atoms with Crippen LogP contribution in [0.3, 0.4) is 0 Å². The van der Waals surface area contributed by atoms with E-state index in [-0.39, 0.29) is 12.4 Å². The fourth-order valence-electron chi connectivity index (χ4n) is 1.01. The van der Waals surface area contributed by atoms with E-state index in [9.17, 15) is 8.76 Å². The van der Waals surface area contributed by atoms with Crippen molar-refractivity contribution in [2.75, 3.05) is 5.75 Å². The fraction of sp³-hybridized carbons (Fsp3) is 0.333. The second-order valence-corrected chi connectivity index (χ2v) is 3.75. The van der Waals surface area contributed by atoms with Gasteiger partial charge in [-0.2, -0.15) is 0 Å². The molecule has 0 saturated heterocycles. The summed E-state index contributed by atoms with van der Waals surface area (Å²) >= 11 is -1.97. The summed E-state index contributed by atoms with van der Waals surface area (Å²) in [6.07, 6.45) is 0.530. The van der Waals surface area contributed by atoms with Crippen LogP contribution in [0.4, 0.5) is 0 Å². The molecule has 0 saturated carbocycles. The Balaban J connectivity index is 2.54. The van der Waals surface area contributed by atoms with Gasteiger partial charge >= 0.3 is 0 Å². The molecule has 13 heavy (non-hydrogen) atoms. The van der Waals surface area contributed by atoms with Gasteiger partial charge in [0.2, 0.25) is 0 Å². The van der Waals surface area contributed by atoms with Crippen LogP contribution >= 0.6 is 0 Å². The van der Waals surface area contributed by atoms with Crippen LogP contribution in [-0.4, -0.2) is 19.6 Å². The van der Waals surface area contributed by atoms with E-state index < -0.39 is 11.1 Å². The summed E-state index contributed by atoms with van der Waals surface area (Å²) in [6.45, 7) is 0.0216. The molecule has 0 aromatic heterocycles. The van der Waals surface area contributed by atoms with Crippen molar-refractivity contribution in [3.8, 4) is 0 Å². The minimum atomic E-state index is -1.97. The van der Waals surface area contributed by atoms with Gasteiger partial charge in [-0.1, -0.05) is 35.3 Å². The van der Waals surface area contributed by atoms with Gasteiger partial charge in [0.1, 0.15) is 0 Å². The van der Waals surface area contributed by atoms with Crippen LogP contribution in [0.1, 0.15) is 11.1 Å². The normalized spacial score (nSPS) is 12.8. The van der Waals surface area contributed by atoms with Crippen LogP contribution < -0.4 is 0 Å². The van der Waals surface area contributed by atoms with E-state index in [0.29, 0.717) is 6.42 Å². The van der Waals surface area contributed by atoms with Crippen molar-refractivity contribution in [2.24, 2.45) is 0 Å². The van der Waals surface area contributed by atoms with E-state index in [1.807, 2.05) is 12.1 Å². The Morgan fingerprint density at radius 2 is 1.77 bits per heavy atom. The molecule has 0 aliphatic rings. The van der Waals surface area contributed by atoms with Gasteiger partial charge in [-0.05, 0) is 17.5 Å². The molecule has 1 N–H and O–H groups in total. The van der Waals surface area contributed by atoms with Gasteiger partial charge in [0.05, 0.1) is 6.61 Å². The van der Waals surface area contributed by atoms with E-state index in [0.717, 1.165) is 11.1 Å². The van der Waals surface area contributed by atoms with Gasteiger partial charge in [0.15, 0.2) is 0 Å². The van der Waals surface area contributed by atoms with Crippen molar-refractivity contribution in [3.05, 3.63) is 35.4 Å². The minimum absolute atomic E-state index is 0.0216. The van der Waals surface area contributed by atoms with Crippen molar-refractivity contribution in [3.63, 3.8) is 0 Å². The van der Waals surface area contributed by atoms with Crippen LogP contribution in [0.2, 0.25) is 0 Å². The molecule has 0 amide bonds. The number of aryl methyl sites for hydroxylation is 1. The Bertz CT molecular complexity index is 281. The second kappa shape index (κ2) is 5.11. The fourth-order valence-corrected chi connectivity index (χ4v) is 1.41.